The van der Waals surface area contributed by atoms with Gasteiger partial charge in [-0.15, -0.1) is 0 Å². The standard InChI is InChI=1S/C21H20O5/c22-21(25-13-16-9-6-12-23-16)20-18(14-24-15-7-2-1-3-8-15)17-10-4-5-11-19(17)26-20/h1-5,7-8,10-11,16H,6,9,12-14H2. The first-order valence-corrected chi connectivity index (χ1v) is 8.78. The van der Waals surface area contributed by atoms with E-state index in [0.717, 1.165) is 30.6 Å². The van der Waals surface area contributed by atoms with Crippen LogP contribution in [0.4, 0.5) is 0 Å². The highest BCUT2D eigenvalue weighted by Crippen LogP contribution is 2.28. The molecule has 26 heavy (non-hydrogen) atoms. The molecule has 0 spiro atoms. The Kier molecular flexibility index (Phi) is 4.88. The molecule has 3 aromatic rings. The topological polar surface area (TPSA) is 57.9 Å². The van der Waals surface area contributed by atoms with E-state index in [9.17, 15) is 4.79 Å². The quantitative estimate of drug-likeness (QED) is 0.617. The summed E-state index contributed by atoms with van der Waals surface area (Å²) in [4.78, 5) is 12.6. The molecule has 0 radical (unpaired) electrons. The average molecular weight is 352 g/mol. The van der Waals surface area contributed by atoms with Gasteiger partial charge in [-0.3, -0.25) is 0 Å². The average Bonchev–Trinajstić information content (AvgIpc) is 3.33. The van der Waals surface area contributed by atoms with Crippen molar-refractivity contribution >= 4 is 16.9 Å². The molecule has 1 fully saturated rings. The predicted octanol–water partition coefficient (Wildman–Crippen LogP) is 4.35. The van der Waals surface area contributed by atoms with Gasteiger partial charge in [0.05, 0.1) is 11.7 Å². The van der Waals surface area contributed by atoms with Crippen molar-refractivity contribution in [1.29, 1.82) is 0 Å². The number of hydrogen-bond acceptors (Lipinski definition) is 5. The van der Waals surface area contributed by atoms with Crippen molar-refractivity contribution in [1.82, 2.24) is 0 Å². The van der Waals surface area contributed by atoms with Gasteiger partial charge in [-0.1, -0.05) is 36.4 Å². The van der Waals surface area contributed by atoms with Gasteiger partial charge >= 0.3 is 5.97 Å². The van der Waals surface area contributed by atoms with E-state index < -0.39 is 5.97 Å². The molecular formula is C21H20O5. The summed E-state index contributed by atoms with van der Waals surface area (Å²) in [7, 11) is 0. The Morgan fingerprint density at radius 2 is 1.88 bits per heavy atom. The second-order valence-corrected chi connectivity index (χ2v) is 6.24. The van der Waals surface area contributed by atoms with Gasteiger partial charge in [0.15, 0.2) is 0 Å². The number of ether oxygens (including phenoxy) is 3. The molecule has 0 amide bonds. The van der Waals surface area contributed by atoms with E-state index in [0.29, 0.717) is 11.1 Å². The molecule has 1 saturated heterocycles. The lowest BCUT2D eigenvalue weighted by Gasteiger charge is -2.10. The van der Waals surface area contributed by atoms with Gasteiger partial charge in [-0.2, -0.15) is 0 Å². The largest absolute Gasteiger partial charge is 0.489 e. The van der Waals surface area contributed by atoms with Crippen LogP contribution in [-0.4, -0.2) is 25.3 Å². The van der Waals surface area contributed by atoms with E-state index in [2.05, 4.69) is 0 Å². The molecule has 1 aliphatic heterocycles. The van der Waals surface area contributed by atoms with Gasteiger partial charge in [0, 0.05) is 12.0 Å². The van der Waals surface area contributed by atoms with Crippen molar-refractivity contribution in [2.45, 2.75) is 25.6 Å². The Labute approximate surface area is 151 Å². The highest BCUT2D eigenvalue weighted by molar-refractivity contribution is 5.96. The molecule has 5 nitrogen and oxygen atoms in total. The summed E-state index contributed by atoms with van der Waals surface area (Å²) in [6.45, 7) is 1.20. The van der Waals surface area contributed by atoms with E-state index in [1.807, 2.05) is 54.6 Å². The van der Waals surface area contributed by atoms with Crippen LogP contribution in [0.15, 0.2) is 59.0 Å². The minimum Gasteiger partial charge on any atom is -0.489 e. The third-order valence-electron chi connectivity index (χ3n) is 4.43. The fraction of sp³-hybridized carbons (Fsp3) is 0.286. The van der Waals surface area contributed by atoms with Crippen LogP contribution in [-0.2, 0) is 16.1 Å². The van der Waals surface area contributed by atoms with Crippen LogP contribution in [0.5, 0.6) is 5.75 Å². The number of esters is 1. The van der Waals surface area contributed by atoms with Gasteiger partial charge in [-0.05, 0) is 31.0 Å². The van der Waals surface area contributed by atoms with Crippen LogP contribution in [0.25, 0.3) is 11.0 Å². The molecule has 5 heteroatoms. The summed E-state index contributed by atoms with van der Waals surface area (Å²) in [6.07, 6.45) is 1.90. The maximum atomic E-state index is 12.6. The highest BCUT2D eigenvalue weighted by Gasteiger charge is 2.24. The van der Waals surface area contributed by atoms with Crippen molar-refractivity contribution in [3.8, 4) is 5.75 Å². The molecule has 0 bridgehead atoms. The minimum atomic E-state index is -0.483. The van der Waals surface area contributed by atoms with E-state index in [1.165, 1.54) is 0 Å². The van der Waals surface area contributed by atoms with Crippen molar-refractivity contribution in [3.63, 3.8) is 0 Å². The lowest BCUT2D eigenvalue weighted by molar-refractivity contribution is 0.0135. The third-order valence-corrected chi connectivity index (χ3v) is 4.43. The number of para-hydroxylation sites is 2. The second kappa shape index (κ2) is 7.62. The monoisotopic (exact) mass is 352 g/mol. The van der Waals surface area contributed by atoms with Crippen molar-refractivity contribution in [2.75, 3.05) is 13.2 Å². The summed E-state index contributed by atoms with van der Waals surface area (Å²) in [5.74, 6) is 0.444. The maximum absolute atomic E-state index is 12.6. The highest BCUT2D eigenvalue weighted by atomic mass is 16.6. The number of hydrogen-bond donors (Lipinski definition) is 0. The molecule has 2 aromatic carbocycles. The first kappa shape index (κ1) is 16.7. The molecule has 1 aliphatic rings. The number of carbonyl (C=O) groups excluding carboxylic acids is 1. The van der Waals surface area contributed by atoms with E-state index >= 15 is 0 Å². The van der Waals surface area contributed by atoms with E-state index in [4.69, 9.17) is 18.6 Å². The summed E-state index contributed by atoms with van der Waals surface area (Å²) >= 11 is 0. The third kappa shape index (κ3) is 3.58. The molecule has 0 N–H and O–H groups in total. The Morgan fingerprint density at radius 3 is 2.69 bits per heavy atom. The van der Waals surface area contributed by atoms with Crippen LogP contribution >= 0.6 is 0 Å². The molecular weight excluding hydrogens is 332 g/mol. The maximum Gasteiger partial charge on any atom is 0.374 e. The zero-order valence-electron chi connectivity index (χ0n) is 14.4. The normalized spacial score (nSPS) is 16.7. The van der Waals surface area contributed by atoms with E-state index in [1.54, 1.807) is 0 Å². The molecule has 1 unspecified atom stereocenters. The number of fused-ring (bicyclic) bond motifs is 1. The number of benzene rings is 2. The van der Waals surface area contributed by atoms with Gasteiger partial charge in [0.25, 0.3) is 0 Å². The summed E-state index contributed by atoms with van der Waals surface area (Å²) in [5, 5.41) is 0.854. The van der Waals surface area contributed by atoms with Crippen LogP contribution in [0.3, 0.4) is 0 Å². The Hall–Kier alpha value is -2.79. The van der Waals surface area contributed by atoms with Gasteiger partial charge in [0.1, 0.15) is 24.5 Å². The van der Waals surface area contributed by atoms with Gasteiger partial charge < -0.3 is 18.6 Å². The zero-order chi connectivity index (χ0) is 17.8. The van der Waals surface area contributed by atoms with Crippen LogP contribution in [0, 0.1) is 0 Å². The summed E-state index contributed by atoms with van der Waals surface area (Å²) in [6, 6.07) is 17.0. The van der Waals surface area contributed by atoms with E-state index in [-0.39, 0.29) is 25.1 Å². The Morgan fingerprint density at radius 1 is 1.08 bits per heavy atom. The summed E-state index contributed by atoms with van der Waals surface area (Å²) in [5.41, 5.74) is 1.34. The number of furan rings is 1. The Bertz CT molecular complexity index is 878. The van der Waals surface area contributed by atoms with Crippen molar-refractivity contribution < 1.29 is 23.4 Å². The smallest absolute Gasteiger partial charge is 0.374 e. The molecule has 0 saturated carbocycles. The second-order valence-electron chi connectivity index (χ2n) is 6.24. The molecule has 1 atom stereocenters. The van der Waals surface area contributed by atoms with Crippen LogP contribution < -0.4 is 4.74 Å². The summed E-state index contributed by atoms with van der Waals surface area (Å²) < 4.78 is 22.5. The SMILES string of the molecule is O=C(OCC1CCCO1)c1oc2ccccc2c1COc1ccccc1. The van der Waals surface area contributed by atoms with Crippen molar-refractivity contribution in [2.24, 2.45) is 0 Å². The predicted molar refractivity (Wildman–Crippen MR) is 96.2 cm³/mol. The first-order valence-electron chi connectivity index (χ1n) is 8.78. The molecule has 134 valence electrons. The molecule has 4 rings (SSSR count). The number of rotatable bonds is 6. The van der Waals surface area contributed by atoms with Crippen LogP contribution in [0.1, 0.15) is 29.0 Å². The lowest BCUT2D eigenvalue weighted by Crippen LogP contribution is -2.18. The van der Waals surface area contributed by atoms with Gasteiger partial charge in [0.2, 0.25) is 5.76 Å². The molecule has 0 aliphatic carbocycles. The van der Waals surface area contributed by atoms with Crippen LogP contribution in [0.2, 0.25) is 0 Å². The zero-order valence-corrected chi connectivity index (χ0v) is 14.4. The fourth-order valence-electron chi connectivity index (χ4n) is 3.09. The minimum absolute atomic E-state index is 0.0210. The molecule has 2 heterocycles. The first-order chi connectivity index (χ1) is 12.8. The number of carbonyl (C=O) groups is 1. The van der Waals surface area contributed by atoms with Gasteiger partial charge in [-0.25, -0.2) is 4.79 Å². The lowest BCUT2D eigenvalue weighted by atomic mass is 10.1. The van der Waals surface area contributed by atoms with Crippen molar-refractivity contribution in [3.05, 3.63) is 65.9 Å². The fourth-order valence-corrected chi connectivity index (χ4v) is 3.09. The Balaban J connectivity index is 1.55. The molecule has 1 aromatic heterocycles.